The average molecular weight is 284 g/mol. The molecule has 0 radical (unpaired) electrons. The molecular formula is C15H24O5. The minimum Gasteiger partial charge on any atom is -0.394 e. The molecule has 5 heteroatoms. The predicted octanol–water partition coefficient (Wildman–Crippen LogP) is 0.448. The monoisotopic (exact) mass is 284 g/mol. The van der Waals surface area contributed by atoms with E-state index in [0.29, 0.717) is 26.1 Å². The molecule has 1 aromatic carbocycles. The van der Waals surface area contributed by atoms with Crippen LogP contribution in [0.1, 0.15) is 24.8 Å². The lowest BCUT2D eigenvalue weighted by molar-refractivity contribution is -0.0296. The molecule has 0 aliphatic rings. The average Bonchev–Trinajstić information content (AvgIpc) is 2.47. The van der Waals surface area contributed by atoms with Gasteiger partial charge >= 0.3 is 0 Å². The molecule has 20 heavy (non-hydrogen) atoms. The second-order valence-corrected chi connectivity index (χ2v) is 4.89. The molecule has 0 amide bonds. The van der Waals surface area contributed by atoms with Crippen molar-refractivity contribution in [1.29, 1.82) is 0 Å². The van der Waals surface area contributed by atoms with Crippen LogP contribution in [0.3, 0.4) is 0 Å². The first-order chi connectivity index (χ1) is 9.63. The maximum Gasteiger partial charge on any atom is 0.0824 e. The highest BCUT2D eigenvalue weighted by molar-refractivity contribution is 5.13. The Labute approximate surface area is 119 Å². The highest BCUT2D eigenvalue weighted by atomic mass is 16.5. The van der Waals surface area contributed by atoms with Crippen LogP contribution in [0, 0.1) is 0 Å². The van der Waals surface area contributed by atoms with Gasteiger partial charge in [-0.25, -0.2) is 0 Å². The van der Waals surface area contributed by atoms with Crippen molar-refractivity contribution in [3.05, 3.63) is 35.9 Å². The Balaban J connectivity index is 2.08. The molecule has 0 unspecified atom stereocenters. The number of aliphatic hydroxyl groups excluding tert-OH is 4. The van der Waals surface area contributed by atoms with E-state index >= 15 is 0 Å². The van der Waals surface area contributed by atoms with Crippen molar-refractivity contribution in [1.82, 2.24) is 0 Å². The minimum absolute atomic E-state index is 0.0253. The topological polar surface area (TPSA) is 90.2 Å². The van der Waals surface area contributed by atoms with E-state index in [1.165, 1.54) is 0 Å². The molecular weight excluding hydrogens is 260 g/mol. The van der Waals surface area contributed by atoms with E-state index in [9.17, 15) is 10.2 Å². The van der Waals surface area contributed by atoms with Gasteiger partial charge in [-0.3, -0.25) is 0 Å². The fourth-order valence-corrected chi connectivity index (χ4v) is 1.86. The van der Waals surface area contributed by atoms with E-state index in [-0.39, 0.29) is 6.42 Å². The van der Waals surface area contributed by atoms with Crippen LogP contribution in [0.15, 0.2) is 30.3 Å². The van der Waals surface area contributed by atoms with E-state index in [2.05, 4.69) is 0 Å². The van der Waals surface area contributed by atoms with Gasteiger partial charge in [0.25, 0.3) is 0 Å². The van der Waals surface area contributed by atoms with Crippen LogP contribution in [0.2, 0.25) is 0 Å². The zero-order valence-corrected chi connectivity index (χ0v) is 11.6. The van der Waals surface area contributed by atoms with Gasteiger partial charge in [0.1, 0.15) is 0 Å². The first-order valence-electron chi connectivity index (χ1n) is 6.90. The molecule has 1 aromatic rings. The molecule has 0 spiro atoms. The summed E-state index contributed by atoms with van der Waals surface area (Å²) in [4.78, 5) is 0. The van der Waals surface area contributed by atoms with Gasteiger partial charge in [-0.05, 0) is 18.4 Å². The van der Waals surface area contributed by atoms with Gasteiger partial charge in [-0.1, -0.05) is 30.3 Å². The summed E-state index contributed by atoms with van der Waals surface area (Å²) >= 11 is 0. The van der Waals surface area contributed by atoms with E-state index in [4.69, 9.17) is 14.9 Å². The normalized spacial score (nSPS) is 15.8. The molecule has 3 atom stereocenters. The first kappa shape index (κ1) is 17.1. The number of aliphatic hydroxyl groups is 4. The van der Waals surface area contributed by atoms with Gasteiger partial charge in [0.05, 0.1) is 31.5 Å². The summed E-state index contributed by atoms with van der Waals surface area (Å²) in [7, 11) is 0. The number of ether oxygens (including phenoxy) is 1. The molecule has 5 nitrogen and oxygen atoms in total. The Bertz CT molecular complexity index is 343. The van der Waals surface area contributed by atoms with Crippen molar-refractivity contribution in [2.24, 2.45) is 0 Å². The SMILES string of the molecule is OC[C@H](O)C[C@H](O)[C@@H](O)CCCOCc1ccccc1. The van der Waals surface area contributed by atoms with Crippen molar-refractivity contribution in [2.45, 2.75) is 44.2 Å². The van der Waals surface area contributed by atoms with E-state index in [1.54, 1.807) is 0 Å². The van der Waals surface area contributed by atoms with Crippen LogP contribution in [0.5, 0.6) is 0 Å². The summed E-state index contributed by atoms with van der Waals surface area (Å²) < 4.78 is 5.47. The summed E-state index contributed by atoms with van der Waals surface area (Å²) in [6.07, 6.45) is -1.92. The summed E-state index contributed by atoms with van der Waals surface area (Å²) in [6.45, 7) is 0.619. The molecule has 0 aromatic heterocycles. The Morgan fingerprint density at radius 3 is 2.35 bits per heavy atom. The Kier molecular flexibility index (Phi) is 8.41. The number of benzene rings is 1. The summed E-state index contributed by atoms with van der Waals surface area (Å²) in [5.41, 5.74) is 1.10. The molecule has 0 bridgehead atoms. The number of hydrogen-bond donors (Lipinski definition) is 4. The molecule has 0 fully saturated rings. The van der Waals surface area contributed by atoms with Crippen LogP contribution >= 0.6 is 0 Å². The van der Waals surface area contributed by atoms with Crippen molar-refractivity contribution < 1.29 is 25.2 Å². The van der Waals surface area contributed by atoms with E-state index in [1.807, 2.05) is 30.3 Å². The smallest absolute Gasteiger partial charge is 0.0824 e. The van der Waals surface area contributed by atoms with Gasteiger partial charge in [-0.15, -0.1) is 0 Å². The molecule has 1 rings (SSSR count). The highest BCUT2D eigenvalue weighted by Crippen LogP contribution is 2.09. The lowest BCUT2D eigenvalue weighted by Gasteiger charge is -2.19. The lowest BCUT2D eigenvalue weighted by Crippen LogP contribution is -2.31. The largest absolute Gasteiger partial charge is 0.394 e. The maximum atomic E-state index is 9.68. The Morgan fingerprint density at radius 1 is 1.00 bits per heavy atom. The zero-order valence-electron chi connectivity index (χ0n) is 11.6. The molecule has 0 saturated carbocycles. The standard InChI is InChI=1S/C15H24O5/c16-10-13(17)9-15(19)14(18)7-4-8-20-11-12-5-2-1-3-6-12/h1-3,5-6,13-19H,4,7-11H2/t13-,14+,15+/m1/s1. The molecule has 114 valence electrons. The summed E-state index contributed by atoms with van der Waals surface area (Å²) in [6, 6.07) is 9.81. The molecule has 0 heterocycles. The highest BCUT2D eigenvalue weighted by Gasteiger charge is 2.19. The summed E-state index contributed by atoms with van der Waals surface area (Å²) in [5, 5.41) is 37.1. The molecule has 0 aliphatic carbocycles. The van der Waals surface area contributed by atoms with Gasteiger partial charge in [0.15, 0.2) is 0 Å². The van der Waals surface area contributed by atoms with E-state index in [0.717, 1.165) is 5.56 Å². The second kappa shape index (κ2) is 9.85. The first-order valence-corrected chi connectivity index (χ1v) is 6.90. The zero-order chi connectivity index (χ0) is 14.8. The third kappa shape index (κ3) is 6.98. The number of rotatable bonds is 10. The molecule has 4 N–H and O–H groups in total. The van der Waals surface area contributed by atoms with Crippen LogP contribution in [0.4, 0.5) is 0 Å². The van der Waals surface area contributed by atoms with Gasteiger partial charge in [0.2, 0.25) is 0 Å². The van der Waals surface area contributed by atoms with Crippen molar-refractivity contribution >= 4 is 0 Å². The summed E-state index contributed by atoms with van der Waals surface area (Å²) in [5.74, 6) is 0. The predicted molar refractivity (Wildman–Crippen MR) is 75.1 cm³/mol. The molecule has 0 aliphatic heterocycles. The molecule has 0 saturated heterocycles. The maximum absolute atomic E-state index is 9.68. The minimum atomic E-state index is -1.02. The van der Waals surface area contributed by atoms with Crippen LogP contribution in [-0.2, 0) is 11.3 Å². The third-order valence-electron chi connectivity index (χ3n) is 3.07. The van der Waals surface area contributed by atoms with Crippen molar-refractivity contribution in [3.8, 4) is 0 Å². The van der Waals surface area contributed by atoms with Crippen molar-refractivity contribution in [2.75, 3.05) is 13.2 Å². The van der Waals surface area contributed by atoms with Gasteiger partial charge < -0.3 is 25.2 Å². The fourth-order valence-electron chi connectivity index (χ4n) is 1.86. The van der Waals surface area contributed by atoms with Crippen LogP contribution in [-0.4, -0.2) is 52.0 Å². The lowest BCUT2D eigenvalue weighted by atomic mass is 10.0. The van der Waals surface area contributed by atoms with Crippen LogP contribution < -0.4 is 0 Å². The fraction of sp³-hybridized carbons (Fsp3) is 0.600. The van der Waals surface area contributed by atoms with Crippen molar-refractivity contribution in [3.63, 3.8) is 0 Å². The Hall–Kier alpha value is -0.980. The Morgan fingerprint density at radius 2 is 1.70 bits per heavy atom. The van der Waals surface area contributed by atoms with E-state index < -0.39 is 24.9 Å². The quantitative estimate of drug-likeness (QED) is 0.468. The number of hydrogen-bond acceptors (Lipinski definition) is 5. The second-order valence-electron chi connectivity index (χ2n) is 4.89. The van der Waals surface area contributed by atoms with Crippen LogP contribution in [0.25, 0.3) is 0 Å². The third-order valence-corrected chi connectivity index (χ3v) is 3.07. The van der Waals surface area contributed by atoms with Gasteiger partial charge in [0, 0.05) is 13.0 Å². The van der Waals surface area contributed by atoms with Gasteiger partial charge in [-0.2, -0.15) is 0 Å².